The van der Waals surface area contributed by atoms with Crippen molar-refractivity contribution in [3.63, 3.8) is 0 Å². The fourth-order valence-corrected chi connectivity index (χ4v) is 5.65. The van der Waals surface area contributed by atoms with E-state index in [4.69, 9.17) is 9.84 Å². The smallest absolute Gasteiger partial charge is 0.303 e. The SMILES string of the molecule is O=C(O)CCc1ccc(OCc2ccc(CN3CCC4(CCc5ccccc54)CC3)cc2)cc1F. The van der Waals surface area contributed by atoms with Gasteiger partial charge >= 0.3 is 5.97 Å². The van der Waals surface area contributed by atoms with Crippen LogP contribution in [0.1, 0.15) is 53.5 Å². The van der Waals surface area contributed by atoms with Crippen molar-refractivity contribution in [2.45, 2.75) is 57.1 Å². The molecule has 3 aromatic rings. The Morgan fingerprint density at radius 1 is 0.971 bits per heavy atom. The number of hydrogen-bond donors (Lipinski definition) is 1. The molecule has 5 rings (SSSR count). The van der Waals surface area contributed by atoms with Crippen LogP contribution < -0.4 is 4.74 Å². The van der Waals surface area contributed by atoms with Gasteiger partial charge in [-0.3, -0.25) is 9.69 Å². The van der Waals surface area contributed by atoms with Crippen molar-refractivity contribution >= 4 is 5.97 Å². The second-order valence-corrected chi connectivity index (χ2v) is 9.97. The lowest BCUT2D eigenvalue weighted by Crippen LogP contribution is -2.41. The summed E-state index contributed by atoms with van der Waals surface area (Å²) in [5.74, 6) is -0.915. The molecular weight excluding hydrogens is 441 g/mol. The number of aliphatic carboxylic acids is 1. The number of benzene rings is 3. The van der Waals surface area contributed by atoms with Gasteiger partial charge in [-0.05, 0) is 84.5 Å². The van der Waals surface area contributed by atoms with Crippen molar-refractivity contribution in [1.82, 2.24) is 4.90 Å². The van der Waals surface area contributed by atoms with Gasteiger partial charge in [0.1, 0.15) is 18.2 Å². The summed E-state index contributed by atoms with van der Waals surface area (Å²) in [5, 5.41) is 8.77. The average Bonchev–Trinajstić information content (AvgIpc) is 3.22. The van der Waals surface area contributed by atoms with E-state index in [0.29, 0.717) is 23.3 Å². The quantitative estimate of drug-likeness (QED) is 0.442. The van der Waals surface area contributed by atoms with Crippen LogP contribution in [-0.4, -0.2) is 29.1 Å². The van der Waals surface area contributed by atoms with Crippen LogP contribution in [-0.2, 0) is 36.2 Å². The minimum Gasteiger partial charge on any atom is -0.489 e. The summed E-state index contributed by atoms with van der Waals surface area (Å²) < 4.78 is 20.0. The molecule has 1 N–H and O–H groups in total. The molecule has 2 aliphatic rings. The van der Waals surface area contributed by atoms with Crippen molar-refractivity contribution in [1.29, 1.82) is 0 Å². The highest BCUT2D eigenvalue weighted by Crippen LogP contribution is 2.46. The molecule has 0 amide bonds. The predicted molar refractivity (Wildman–Crippen MR) is 134 cm³/mol. The Bertz CT molecular complexity index is 1180. The highest BCUT2D eigenvalue weighted by Gasteiger charge is 2.40. The van der Waals surface area contributed by atoms with Crippen LogP contribution in [0.25, 0.3) is 0 Å². The number of halogens is 1. The van der Waals surface area contributed by atoms with E-state index in [-0.39, 0.29) is 12.8 Å². The largest absolute Gasteiger partial charge is 0.489 e. The third-order valence-electron chi connectivity index (χ3n) is 7.74. The molecule has 35 heavy (non-hydrogen) atoms. The van der Waals surface area contributed by atoms with Crippen LogP contribution in [0, 0.1) is 5.82 Å². The lowest BCUT2D eigenvalue weighted by molar-refractivity contribution is -0.136. The van der Waals surface area contributed by atoms with E-state index >= 15 is 0 Å². The zero-order valence-corrected chi connectivity index (χ0v) is 20.0. The number of fused-ring (bicyclic) bond motifs is 2. The van der Waals surface area contributed by atoms with Crippen LogP contribution in [0.5, 0.6) is 5.75 Å². The first-order valence-electron chi connectivity index (χ1n) is 12.5. The predicted octanol–water partition coefficient (Wildman–Crippen LogP) is 5.90. The van der Waals surface area contributed by atoms with Crippen LogP contribution in [0.2, 0.25) is 0 Å². The Morgan fingerprint density at radius 2 is 1.71 bits per heavy atom. The van der Waals surface area contributed by atoms with E-state index < -0.39 is 11.8 Å². The maximum absolute atomic E-state index is 14.2. The minimum absolute atomic E-state index is 0.0876. The Morgan fingerprint density at radius 3 is 2.46 bits per heavy atom. The molecule has 5 heteroatoms. The number of carbonyl (C=O) groups is 1. The van der Waals surface area contributed by atoms with Crippen molar-refractivity contribution < 1.29 is 19.0 Å². The molecular formula is C30H32FNO3. The first-order chi connectivity index (χ1) is 17.0. The number of ether oxygens (including phenoxy) is 1. The molecule has 0 unspecified atom stereocenters. The number of carboxylic acid groups (broad SMARTS) is 1. The molecule has 1 heterocycles. The van der Waals surface area contributed by atoms with E-state index in [0.717, 1.165) is 25.2 Å². The second-order valence-electron chi connectivity index (χ2n) is 9.97. The molecule has 0 bridgehead atoms. The highest BCUT2D eigenvalue weighted by molar-refractivity contribution is 5.67. The number of rotatable bonds is 8. The summed E-state index contributed by atoms with van der Waals surface area (Å²) >= 11 is 0. The second kappa shape index (κ2) is 10.2. The van der Waals surface area contributed by atoms with E-state index in [1.165, 1.54) is 37.3 Å². The van der Waals surface area contributed by atoms with E-state index in [9.17, 15) is 9.18 Å². The first kappa shape index (κ1) is 23.6. The summed E-state index contributed by atoms with van der Waals surface area (Å²) in [5.41, 5.74) is 6.26. The van der Waals surface area contributed by atoms with Gasteiger partial charge in [-0.2, -0.15) is 0 Å². The molecule has 0 saturated carbocycles. The van der Waals surface area contributed by atoms with Gasteiger partial charge in [0.15, 0.2) is 0 Å². The third kappa shape index (κ3) is 5.40. The molecule has 3 aromatic carbocycles. The van der Waals surface area contributed by atoms with Crippen molar-refractivity contribution in [3.05, 3.63) is 100 Å². The maximum atomic E-state index is 14.2. The topological polar surface area (TPSA) is 49.8 Å². The summed E-state index contributed by atoms with van der Waals surface area (Å²) in [7, 11) is 0. The van der Waals surface area contributed by atoms with Crippen molar-refractivity contribution in [2.24, 2.45) is 0 Å². The molecule has 1 aliphatic heterocycles. The van der Waals surface area contributed by atoms with Gasteiger partial charge in [0.2, 0.25) is 0 Å². The normalized spacial score (nSPS) is 16.8. The van der Waals surface area contributed by atoms with E-state index in [1.54, 1.807) is 23.3 Å². The fourth-order valence-electron chi connectivity index (χ4n) is 5.65. The van der Waals surface area contributed by atoms with Gasteiger partial charge in [0.05, 0.1) is 0 Å². The number of hydrogen-bond acceptors (Lipinski definition) is 3. The minimum atomic E-state index is -0.933. The monoisotopic (exact) mass is 473 g/mol. The Hall–Kier alpha value is -3.18. The van der Waals surface area contributed by atoms with Gasteiger partial charge < -0.3 is 9.84 Å². The van der Waals surface area contributed by atoms with E-state index in [2.05, 4.69) is 53.4 Å². The lowest BCUT2D eigenvalue weighted by Gasteiger charge is -2.40. The van der Waals surface area contributed by atoms with Gasteiger partial charge in [0.25, 0.3) is 0 Å². The number of carboxylic acids is 1. The maximum Gasteiger partial charge on any atom is 0.303 e. The van der Waals surface area contributed by atoms with Crippen LogP contribution in [0.3, 0.4) is 0 Å². The molecule has 1 fully saturated rings. The van der Waals surface area contributed by atoms with Crippen molar-refractivity contribution in [3.8, 4) is 5.75 Å². The molecule has 1 spiro atoms. The van der Waals surface area contributed by atoms with Crippen molar-refractivity contribution in [2.75, 3.05) is 13.1 Å². The molecule has 0 aromatic heterocycles. The molecule has 4 nitrogen and oxygen atoms in total. The Kier molecular flexibility index (Phi) is 6.87. The fraction of sp³-hybridized carbons (Fsp3) is 0.367. The van der Waals surface area contributed by atoms with Gasteiger partial charge in [-0.25, -0.2) is 4.39 Å². The molecule has 1 saturated heterocycles. The number of aryl methyl sites for hydroxylation is 2. The highest BCUT2D eigenvalue weighted by atomic mass is 19.1. The van der Waals surface area contributed by atoms with Crippen LogP contribution in [0.4, 0.5) is 4.39 Å². The molecule has 1 aliphatic carbocycles. The molecule has 182 valence electrons. The number of likely N-dealkylation sites (tertiary alicyclic amines) is 1. The Balaban J connectivity index is 1.11. The van der Waals surface area contributed by atoms with Crippen LogP contribution >= 0.6 is 0 Å². The van der Waals surface area contributed by atoms with E-state index in [1.807, 2.05) is 0 Å². The zero-order chi connectivity index (χ0) is 24.3. The van der Waals surface area contributed by atoms with Gasteiger partial charge in [0, 0.05) is 19.0 Å². The first-order valence-corrected chi connectivity index (χ1v) is 12.5. The Labute approximate surface area is 206 Å². The van der Waals surface area contributed by atoms with Crippen LogP contribution in [0.15, 0.2) is 66.7 Å². The third-order valence-corrected chi connectivity index (χ3v) is 7.74. The zero-order valence-electron chi connectivity index (χ0n) is 20.0. The summed E-state index contributed by atoms with van der Waals surface area (Å²) in [6, 6.07) is 22.1. The number of piperidine rings is 1. The van der Waals surface area contributed by atoms with Gasteiger partial charge in [-0.15, -0.1) is 0 Å². The number of nitrogens with zero attached hydrogens (tertiary/aromatic N) is 1. The molecule has 0 radical (unpaired) electrons. The lowest BCUT2D eigenvalue weighted by atomic mass is 9.74. The summed E-state index contributed by atoms with van der Waals surface area (Å²) in [6.07, 6.45) is 5.08. The summed E-state index contributed by atoms with van der Waals surface area (Å²) in [6.45, 7) is 3.59. The summed E-state index contributed by atoms with van der Waals surface area (Å²) in [4.78, 5) is 13.3. The average molecular weight is 474 g/mol. The standard InChI is InChI=1S/C30H32FNO3/c31-28-19-26(11-9-25(28)10-12-29(33)34)35-21-23-7-5-22(6-8-23)20-32-17-15-30(16-18-32)14-13-24-3-1-2-4-27(24)30/h1-9,11,19H,10,12-18,20-21H2,(H,33,34). The molecule has 0 atom stereocenters. The van der Waals surface area contributed by atoms with Gasteiger partial charge in [-0.1, -0.05) is 54.6 Å².